The van der Waals surface area contributed by atoms with Crippen molar-refractivity contribution >= 4 is 39.5 Å². The van der Waals surface area contributed by atoms with Crippen LogP contribution < -0.4 is 5.32 Å². The Bertz CT molecular complexity index is 910. The molecular formula is C20H21NO4. The first-order chi connectivity index (χ1) is 12.0. The summed E-state index contributed by atoms with van der Waals surface area (Å²) in [5, 5.41) is 4.68. The lowest BCUT2D eigenvalue weighted by Crippen LogP contribution is -2.20. The lowest BCUT2D eigenvalue weighted by Gasteiger charge is -2.07. The smallest absolute Gasteiger partial charge is 0.306 e. The van der Waals surface area contributed by atoms with Crippen molar-refractivity contribution < 1.29 is 18.7 Å². The van der Waals surface area contributed by atoms with Gasteiger partial charge in [0.25, 0.3) is 5.91 Å². The number of benzene rings is 2. The highest BCUT2D eigenvalue weighted by Gasteiger charge is 2.11. The van der Waals surface area contributed by atoms with E-state index in [1.165, 1.54) is 0 Å². The molecule has 0 atom stereocenters. The molecule has 0 radical (unpaired) electrons. The summed E-state index contributed by atoms with van der Waals surface area (Å²) >= 11 is 0. The third-order valence-electron chi connectivity index (χ3n) is 3.95. The van der Waals surface area contributed by atoms with Gasteiger partial charge in [-0.25, -0.2) is 0 Å². The van der Waals surface area contributed by atoms with Gasteiger partial charge in [0.2, 0.25) is 0 Å². The van der Waals surface area contributed by atoms with Gasteiger partial charge < -0.3 is 14.5 Å². The molecule has 0 fully saturated rings. The normalized spacial score (nSPS) is 11.2. The number of carbonyl (C=O) groups excluding carboxylic acids is 2. The second-order valence-electron chi connectivity index (χ2n) is 6.45. The molecule has 0 aliphatic carbocycles. The van der Waals surface area contributed by atoms with Gasteiger partial charge in [-0.2, -0.15) is 0 Å². The molecule has 0 bridgehead atoms. The molecule has 0 saturated heterocycles. The molecule has 0 saturated carbocycles. The second kappa shape index (κ2) is 7.38. The molecule has 0 aliphatic rings. The first-order valence-electron chi connectivity index (χ1n) is 8.39. The molecule has 1 heterocycles. The molecule has 0 aliphatic heterocycles. The van der Waals surface area contributed by atoms with Crippen LogP contribution >= 0.6 is 0 Å². The fraction of sp³-hybridized carbons (Fsp3) is 0.300. The summed E-state index contributed by atoms with van der Waals surface area (Å²) in [6.45, 7) is 3.80. The van der Waals surface area contributed by atoms with Crippen LogP contribution in [0.1, 0.15) is 26.7 Å². The molecule has 1 amide bonds. The van der Waals surface area contributed by atoms with Crippen molar-refractivity contribution in [3.05, 3.63) is 42.5 Å². The van der Waals surface area contributed by atoms with E-state index in [1.807, 2.05) is 50.2 Å². The molecular weight excluding hydrogens is 318 g/mol. The van der Waals surface area contributed by atoms with E-state index in [0.717, 1.165) is 28.4 Å². The van der Waals surface area contributed by atoms with Crippen LogP contribution in [-0.2, 0) is 14.3 Å². The Morgan fingerprint density at radius 2 is 1.84 bits per heavy atom. The molecule has 3 rings (SSSR count). The van der Waals surface area contributed by atoms with Crippen molar-refractivity contribution in [2.24, 2.45) is 5.92 Å². The Morgan fingerprint density at radius 3 is 2.64 bits per heavy atom. The van der Waals surface area contributed by atoms with E-state index in [4.69, 9.17) is 9.15 Å². The number of amides is 1. The number of furan rings is 1. The fourth-order valence-electron chi connectivity index (χ4n) is 2.63. The number of nitrogens with one attached hydrogen (secondary N) is 1. The number of esters is 1. The summed E-state index contributed by atoms with van der Waals surface area (Å²) in [6.07, 6.45) is 1.09. The number of para-hydroxylation sites is 1. The molecule has 5 heteroatoms. The number of hydrogen-bond donors (Lipinski definition) is 1. The summed E-state index contributed by atoms with van der Waals surface area (Å²) in [5.41, 5.74) is 2.21. The molecule has 5 nitrogen and oxygen atoms in total. The van der Waals surface area contributed by atoms with Crippen LogP contribution in [-0.4, -0.2) is 18.5 Å². The molecule has 1 N–H and O–H groups in total. The number of carbonyl (C=O) groups is 2. The molecule has 3 aromatic rings. The van der Waals surface area contributed by atoms with Crippen LogP contribution in [0.15, 0.2) is 46.9 Å². The van der Waals surface area contributed by atoms with Crippen molar-refractivity contribution in [1.29, 1.82) is 0 Å². The largest absolute Gasteiger partial charge is 0.456 e. The number of anilines is 1. The number of hydrogen-bond acceptors (Lipinski definition) is 4. The lowest BCUT2D eigenvalue weighted by atomic mass is 10.1. The quantitative estimate of drug-likeness (QED) is 0.671. The highest BCUT2D eigenvalue weighted by Crippen LogP contribution is 2.30. The average molecular weight is 339 g/mol. The SMILES string of the molecule is CC(C)CCC(=O)OCC(=O)Nc1ccc2oc3ccccc3c2c1. The summed E-state index contributed by atoms with van der Waals surface area (Å²) in [4.78, 5) is 23.6. The van der Waals surface area contributed by atoms with E-state index in [-0.39, 0.29) is 18.5 Å². The predicted molar refractivity (Wildman–Crippen MR) is 97.4 cm³/mol. The molecule has 1 aromatic heterocycles. The average Bonchev–Trinajstić information content (AvgIpc) is 2.96. The molecule has 130 valence electrons. The zero-order chi connectivity index (χ0) is 17.8. The highest BCUT2D eigenvalue weighted by molar-refractivity contribution is 6.07. The minimum atomic E-state index is -0.356. The third-order valence-corrected chi connectivity index (χ3v) is 3.95. The van der Waals surface area contributed by atoms with E-state index in [2.05, 4.69) is 5.32 Å². The van der Waals surface area contributed by atoms with Crippen molar-refractivity contribution in [3.8, 4) is 0 Å². The minimum Gasteiger partial charge on any atom is -0.456 e. The Balaban J connectivity index is 1.63. The van der Waals surface area contributed by atoms with Gasteiger partial charge in [0.1, 0.15) is 11.2 Å². The van der Waals surface area contributed by atoms with E-state index >= 15 is 0 Å². The molecule has 0 spiro atoms. The highest BCUT2D eigenvalue weighted by atomic mass is 16.5. The van der Waals surface area contributed by atoms with Crippen LogP contribution in [0.4, 0.5) is 5.69 Å². The second-order valence-corrected chi connectivity index (χ2v) is 6.45. The topological polar surface area (TPSA) is 68.5 Å². The molecule has 25 heavy (non-hydrogen) atoms. The Hall–Kier alpha value is -2.82. The van der Waals surface area contributed by atoms with Crippen LogP contribution in [0, 0.1) is 5.92 Å². The third kappa shape index (κ3) is 4.18. The number of fused-ring (bicyclic) bond motifs is 3. The summed E-state index contributed by atoms with van der Waals surface area (Å²) < 4.78 is 10.8. The number of rotatable bonds is 6. The molecule has 0 unspecified atom stereocenters. The molecule has 2 aromatic carbocycles. The standard InChI is InChI=1S/C20H21NO4/c1-13(2)7-10-20(23)24-12-19(22)21-14-8-9-18-16(11-14)15-5-3-4-6-17(15)25-18/h3-6,8-9,11,13H,7,10,12H2,1-2H3,(H,21,22). The summed E-state index contributed by atoms with van der Waals surface area (Å²) in [7, 11) is 0. The lowest BCUT2D eigenvalue weighted by molar-refractivity contribution is -0.147. The summed E-state index contributed by atoms with van der Waals surface area (Å²) in [5.74, 6) is -0.275. The van der Waals surface area contributed by atoms with Gasteiger partial charge in [-0.3, -0.25) is 9.59 Å². The first-order valence-corrected chi connectivity index (χ1v) is 8.39. The maximum atomic E-state index is 12.0. The van der Waals surface area contributed by atoms with E-state index in [9.17, 15) is 9.59 Å². The Kier molecular flexibility index (Phi) is 5.03. The van der Waals surface area contributed by atoms with Crippen molar-refractivity contribution in [3.63, 3.8) is 0 Å². The van der Waals surface area contributed by atoms with Crippen LogP contribution in [0.5, 0.6) is 0 Å². The Labute approximate surface area is 145 Å². The predicted octanol–water partition coefficient (Wildman–Crippen LogP) is 4.50. The van der Waals surface area contributed by atoms with Gasteiger partial charge in [0.05, 0.1) is 0 Å². The van der Waals surface area contributed by atoms with Crippen molar-refractivity contribution in [1.82, 2.24) is 0 Å². The Morgan fingerprint density at radius 1 is 1.08 bits per heavy atom. The first kappa shape index (κ1) is 17.0. The van der Waals surface area contributed by atoms with Crippen molar-refractivity contribution in [2.45, 2.75) is 26.7 Å². The summed E-state index contributed by atoms with van der Waals surface area (Å²) in [6, 6.07) is 13.2. The minimum absolute atomic E-state index is 0.277. The van der Waals surface area contributed by atoms with Gasteiger partial charge in [0.15, 0.2) is 6.61 Å². The number of ether oxygens (including phenoxy) is 1. The van der Waals surface area contributed by atoms with E-state index in [0.29, 0.717) is 18.0 Å². The zero-order valence-corrected chi connectivity index (χ0v) is 14.4. The monoisotopic (exact) mass is 339 g/mol. The van der Waals surface area contributed by atoms with E-state index < -0.39 is 0 Å². The van der Waals surface area contributed by atoms with Crippen LogP contribution in [0.3, 0.4) is 0 Å². The van der Waals surface area contributed by atoms with Crippen LogP contribution in [0.25, 0.3) is 21.9 Å². The van der Waals surface area contributed by atoms with Crippen LogP contribution in [0.2, 0.25) is 0 Å². The van der Waals surface area contributed by atoms with Gasteiger partial charge in [-0.1, -0.05) is 32.0 Å². The van der Waals surface area contributed by atoms with Crippen molar-refractivity contribution in [2.75, 3.05) is 11.9 Å². The van der Waals surface area contributed by atoms with Gasteiger partial charge in [0, 0.05) is 22.9 Å². The maximum Gasteiger partial charge on any atom is 0.306 e. The van der Waals surface area contributed by atoms with Gasteiger partial charge in [-0.15, -0.1) is 0 Å². The van der Waals surface area contributed by atoms with E-state index in [1.54, 1.807) is 6.07 Å². The van der Waals surface area contributed by atoms with Gasteiger partial charge >= 0.3 is 5.97 Å². The van der Waals surface area contributed by atoms with Gasteiger partial charge in [-0.05, 0) is 36.6 Å². The fourth-order valence-corrected chi connectivity index (χ4v) is 2.63. The maximum absolute atomic E-state index is 12.0. The zero-order valence-electron chi connectivity index (χ0n) is 14.4.